The summed E-state index contributed by atoms with van der Waals surface area (Å²) in [5.41, 5.74) is 1.10. The summed E-state index contributed by atoms with van der Waals surface area (Å²) in [4.78, 5) is 3.91. The van der Waals surface area contributed by atoms with Crippen molar-refractivity contribution in [1.82, 2.24) is 4.98 Å². The van der Waals surface area contributed by atoms with Gasteiger partial charge in [-0.05, 0) is 30.7 Å². The minimum Gasteiger partial charge on any atom is -0.506 e. The fourth-order valence-corrected chi connectivity index (χ4v) is 1.37. The monoisotopic (exact) mass is 177 g/mol. The molecule has 2 rings (SSSR count). The van der Waals surface area contributed by atoms with Crippen LogP contribution in [0.1, 0.15) is 5.56 Å². The van der Waals surface area contributed by atoms with Crippen molar-refractivity contribution >= 4 is 10.9 Å². The van der Waals surface area contributed by atoms with Crippen LogP contribution in [0.2, 0.25) is 0 Å². The van der Waals surface area contributed by atoms with Gasteiger partial charge in [-0.15, -0.1) is 0 Å². The first-order chi connectivity index (χ1) is 6.20. The van der Waals surface area contributed by atoms with Gasteiger partial charge in [0.1, 0.15) is 17.1 Å². The second-order valence-corrected chi connectivity index (χ2v) is 2.92. The Morgan fingerprint density at radius 1 is 1.31 bits per heavy atom. The first kappa shape index (κ1) is 7.98. The van der Waals surface area contributed by atoms with E-state index in [4.69, 9.17) is 0 Å². The summed E-state index contributed by atoms with van der Waals surface area (Å²) >= 11 is 0. The maximum atomic E-state index is 13.3. The van der Waals surface area contributed by atoms with Crippen LogP contribution in [0.25, 0.3) is 10.9 Å². The van der Waals surface area contributed by atoms with Crippen LogP contribution >= 0.6 is 0 Å². The second-order valence-electron chi connectivity index (χ2n) is 2.92. The number of phenolic OH excluding ortho intramolecular Hbond substituents is 1. The Balaban J connectivity index is 3.00. The number of aromatic nitrogens is 1. The van der Waals surface area contributed by atoms with E-state index in [0.29, 0.717) is 10.9 Å². The van der Waals surface area contributed by atoms with Crippen LogP contribution in [0.5, 0.6) is 5.75 Å². The predicted molar refractivity (Wildman–Crippen MR) is 48.1 cm³/mol. The first-order valence-electron chi connectivity index (χ1n) is 3.93. The van der Waals surface area contributed by atoms with Crippen molar-refractivity contribution in [3.8, 4) is 5.75 Å². The molecule has 1 N–H and O–H groups in total. The van der Waals surface area contributed by atoms with Gasteiger partial charge in [0.15, 0.2) is 0 Å². The summed E-state index contributed by atoms with van der Waals surface area (Å²) in [6, 6.07) is 4.27. The van der Waals surface area contributed by atoms with E-state index >= 15 is 0 Å². The van der Waals surface area contributed by atoms with E-state index in [1.165, 1.54) is 12.1 Å². The highest BCUT2D eigenvalue weighted by Gasteiger charge is 2.07. The lowest BCUT2D eigenvalue weighted by molar-refractivity contribution is 0.479. The van der Waals surface area contributed by atoms with Gasteiger partial charge in [0.2, 0.25) is 0 Å². The number of halogens is 1. The maximum absolute atomic E-state index is 13.3. The second kappa shape index (κ2) is 2.69. The summed E-state index contributed by atoms with van der Waals surface area (Å²) < 4.78 is 13.3. The zero-order valence-corrected chi connectivity index (χ0v) is 7.08. The molecule has 0 atom stereocenters. The molecule has 1 heterocycles. The summed E-state index contributed by atoms with van der Waals surface area (Å²) in [5.74, 6) is -0.335. The van der Waals surface area contributed by atoms with Crippen molar-refractivity contribution in [1.29, 1.82) is 0 Å². The molecular formula is C10H8FNO. The molecule has 3 heteroatoms. The molecule has 66 valence electrons. The molecule has 0 amide bonds. The third-order valence-corrected chi connectivity index (χ3v) is 2.03. The number of nitrogens with zero attached hydrogens (tertiary/aromatic N) is 1. The van der Waals surface area contributed by atoms with Crippen LogP contribution < -0.4 is 0 Å². The van der Waals surface area contributed by atoms with Gasteiger partial charge in [0.05, 0.1) is 0 Å². The van der Waals surface area contributed by atoms with Gasteiger partial charge in [0, 0.05) is 11.6 Å². The van der Waals surface area contributed by atoms with Gasteiger partial charge < -0.3 is 5.11 Å². The Labute approximate surface area is 74.7 Å². The van der Waals surface area contributed by atoms with E-state index in [9.17, 15) is 9.50 Å². The first-order valence-corrected chi connectivity index (χ1v) is 3.93. The minimum atomic E-state index is -0.349. The standard InChI is InChI=1S/C10H8FNO/c1-6-4-5-12-10-8(13)3-2-7(11)9(6)10/h2-5,13H,1H3. The molecule has 0 unspecified atom stereocenters. The van der Waals surface area contributed by atoms with Crippen molar-refractivity contribution in [2.75, 3.05) is 0 Å². The molecule has 0 spiro atoms. The Hall–Kier alpha value is -1.64. The number of rotatable bonds is 0. The van der Waals surface area contributed by atoms with Crippen LogP contribution in [-0.4, -0.2) is 10.1 Å². The Morgan fingerprint density at radius 3 is 2.77 bits per heavy atom. The quantitative estimate of drug-likeness (QED) is 0.670. The largest absolute Gasteiger partial charge is 0.506 e. The zero-order valence-electron chi connectivity index (χ0n) is 7.08. The summed E-state index contributed by atoms with van der Waals surface area (Å²) in [7, 11) is 0. The van der Waals surface area contributed by atoms with E-state index in [-0.39, 0.29) is 11.6 Å². The fraction of sp³-hybridized carbons (Fsp3) is 0.100. The normalized spacial score (nSPS) is 10.6. The third kappa shape index (κ3) is 1.13. The number of pyridine rings is 1. The van der Waals surface area contributed by atoms with E-state index in [1.807, 2.05) is 0 Å². The highest BCUT2D eigenvalue weighted by atomic mass is 19.1. The van der Waals surface area contributed by atoms with Crippen LogP contribution in [0.4, 0.5) is 4.39 Å². The van der Waals surface area contributed by atoms with Gasteiger partial charge in [-0.25, -0.2) is 4.39 Å². The number of hydrogen-bond acceptors (Lipinski definition) is 2. The Morgan fingerprint density at radius 2 is 2.08 bits per heavy atom. The van der Waals surface area contributed by atoms with Crippen molar-refractivity contribution < 1.29 is 9.50 Å². The van der Waals surface area contributed by atoms with Crippen LogP contribution in [-0.2, 0) is 0 Å². The van der Waals surface area contributed by atoms with Crippen molar-refractivity contribution in [3.05, 3.63) is 35.8 Å². The summed E-state index contributed by atoms with van der Waals surface area (Å²) in [6.45, 7) is 1.78. The number of phenols is 1. The Kier molecular flexibility index (Phi) is 1.65. The maximum Gasteiger partial charge on any atom is 0.142 e. The smallest absolute Gasteiger partial charge is 0.142 e. The summed E-state index contributed by atoms with van der Waals surface area (Å²) in [6.07, 6.45) is 1.55. The number of hydrogen-bond donors (Lipinski definition) is 1. The van der Waals surface area contributed by atoms with E-state index < -0.39 is 0 Å². The van der Waals surface area contributed by atoms with Gasteiger partial charge in [-0.1, -0.05) is 0 Å². The predicted octanol–water partition coefficient (Wildman–Crippen LogP) is 2.39. The number of aryl methyl sites for hydroxylation is 1. The Bertz CT molecular complexity index is 459. The molecule has 0 fully saturated rings. The van der Waals surface area contributed by atoms with Crippen molar-refractivity contribution in [2.24, 2.45) is 0 Å². The van der Waals surface area contributed by atoms with Gasteiger partial charge in [0.25, 0.3) is 0 Å². The lowest BCUT2D eigenvalue weighted by Gasteiger charge is -2.03. The lowest BCUT2D eigenvalue weighted by atomic mass is 10.1. The zero-order chi connectivity index (χ0) is 9.42. The lowest BCUT2D eigenvalue weighted by Crippen LogP contribution is -1.86. The molecule has 1 aromatic carbocycles. The molecule has 0 aliphatic carbocycles. The van der Waals surface area contributed by atoms with E-state index in [1.54, 1.807) is 19.2 Å². The number of benzene rings is 1. The molecule has 1 aromatic heterocycles. The summed E-state index contributed by atoms with van der Waals surface area (Å²) in [5, 5.41) is 9.78. The highest BCUT2D eigenvalue weighted by molar-refractivity contribution is 5.87. The molecule has 2 nitrogen and oxygen atoms in total. The SMILES string of the molecule is Cc1ccnc2c(O)ccc(F)c12. The fourth-order valence-electron chi connectivity index (χ4n) is 1.37. The van der Waals surface area contributed by atoms with Crippen molar-refractivity contribution in [2.45, 2.75) is 6.92 Å². The minimum absolute atomic E-state index is 0.0140. The third-order valence-electron chi connectivity index (χ3n) is 2.03. The molecule has 0 bridgehead atoms. The molecular weight excluding hydrogens is 169 g/mol. The number of fused-ring (bicyclic) bond motifs is 1. The van der Waals surface area contributed by atoms with Crippen LogP contribution in [0.3, 0.4) is 0 Å². The molecule has 13 heavy (non-hydrogen) atoms. The molecule has 0 saturated carbocycles. The van der Waals surface area contributed by atoms with Crippen LogP contribution in [0, 0.1) is 12.7 Å². The van der Waals surface area contributed by atoms with E-state index in [2.05, 4.69) is 4.98 Å². The molecule has 0 aliphatic heterocycles. The highest BCUT2D eigenvalue weighted by Crippen LogP contribution is 2.26. The average molecular weight is 177 g/mol. The van der Waals surface area contributed by atoms with Gasteiger partial charge >= 0.3 is 0 Å². The molecule has 2 aromatic rings. The van der Waals surface area contributed by atoms with Crippen LogP contribution in [0.15, 0.2) is 24.4 Å². The van der Waals surface area contributed by atoms with E-state index in [0.717, 1.165) is 5.56 Å². The average Bonchev–Trinajstić information content (AvgIpc) is 2.12. The molecule has 0 radical (unpaired) electrons. The van der Waals surface area contributed by atoms with Gasteiger partial charge in [-0.3, -0.25) is 4.98 Å². The van der Waals surface area contributed by atoms with Crippen molar-refractivity contribution in [3.63, 3.8) is 0 Å². The molecule has 0 aliphatic rings. The topological polar surface area (TPSA) is 33.1 Å². The molecule has 0 saturated heterocycles. The number of aromatic hydroxyl groups is 1. The van der Waals surface area contributed by atoms with Gasteiger partial charge in [-0.2, -0.15) is 0 Å².